The van der Waals surface area contributed by atoms with Crippen molar-refractivity contribution >= 4 is 0 Å². The van der Waals surface area contributed by atoms with Gasteiger partial charge in [0.2, 0.25) is 0 Å². The van der Waals surface area contributed by atoms with Gasteiger partial charge in [0.25, 0.3) is 0 Å². The molecule has 2 heteroatoms. The molecule has 2 nitrogen and oxygen atoms in total. The Morgan fingerprint density at radius 1 is 1.38 bits per heavy atom. The highest BCUT2D eigenvalue weighted by molar-refractivity contribution is 5.47. The van der Waals surface area contributed by atoms with Crippen LogP contribution in [0, 0.1) is 13.8 Å². The summed E-state index contributed by atoms with van der Waals surface area (Å²) in [7, 11) is 0. The lowest BCUT2D eigenvalue weighted by atomic mass is 9.97. The molecular formula is C11H14O2. The quantitative estimate of drug-likeness (QED) is 0.659. The van der Waals surface area contributed by atoms with Crippen LogP contribution in [0.3, 0.4) is 0 Å². The molecule has 1 N–H and O–H groups in total. The van der Waals surface area contributed by atoms with E-state index in [0.717, 1.165) is 16.9 Å². The summed E-state index contributed by atoms with van der Waals surface area (Å²) in [6.07, 6.45) is 0.359. The molecule has 1 aliphatic rings. The first-order valence-electron chi connectivity index (χ1n) is 4.61. The van der Waals surface area contributed by atoms with E-state index in [4.69, 9.17) is 4.74 Å². The van der Waals surface area contributed by atoms with E-state index in [1.54, 1.807) is 0 Å². The standard InChI is InChI=1S/C11H14O2/c1-7-3-4-9-10(12)5-6-13-11(9)8(7)2/h3-4,10,12H,5-6H2,1-2H3/t10-/m1/s1. The smallest absolute Gasteiger partial charge is 0.128 e. The van der Waals surface area contributed by atoms with Gasteiger partial charge in [0.15, 0.2) is 0 Å². The molecule has 0 spiro atoms. The van der Waals surface area contributed by atoms with Crippen molar-refractivity contribution in [2.45, 2.75) is 26.4 Å². The molecule has 0 unspecified atom stereocenters. The van der Waals surface area contributed by atoms with Crippen LogP contribution in [-0.2, 0) is 0 Å². The number of hydrogen-bond acceptors (Lipinski definition) is 2. The summed E-state index contributed by atoms with van der Waals surface area (Å²) in [4.78, 5) is 0. The number of rotatable bonds is 0. The summed E-state index contributed by atoms with van der Waals surface area (Å²) in [6.45, 7) is 4.71. The molecule has 13 heavy (non-hydrogen) atoms. The third-order valence-corrected chi connectivity index (χ3v) is 2.70. The first-order chi connectivity index (χ1) is 6.20. The van der Waals surface area contributed by atoms with E-state index in [1.165, 1.54) is 5.56 Å². The second-order valence-electron chi connectivity index (χ2n) is 3.58. The van der Waals surface area contributed by atoms with Gasteiger partial charge in [0.1, 0.15) is 5.75 Å². The van der Waals surface area contributed by atoms with Crippen molar-refractivity contribution in [1.82, 2.24) is 0 Å². The van der Waals surface area contributed by atoms with Crippen molar-refractivity contribution in [1.29, 1.82) is 0 Å². The van der Waals surface area contributed by atoms with Crippen LogP contribution >= 0.6 is 0 Å². The summed E-state index contributed by atoms with van der Waals surface area (Å²) < 4.78 is 5.55. The molecule has 1 aromatic rings. The van der Waals surface area contributed by atoms with Crippen molar-refractivity contribution in [3.05, 3.63) is 28.8 Å². The Morgan fingerprint density at radius 2 is 2.15 bits per heavy atom. The number of fused-ring (bicyclic) bond motifs is 1. The van der Waals surface area contributed by atoms with Crippen LogP contribution in [0.25, 0.3) is 0 Å². The van der Waals surface area contributed by atoms with Gasteiger partial charge in [0.05, 0.1) is 12.7 Å². The molecule has 0 amide bonds. The maximum absolute atomic E-state index is 9.70. The highest BCUT2D eigenvalue weighted by Crippen LogP contribution is 2.35. The van der Waals surface area contributed by atoms with Crippen molar-refractivity contribution in [3.8, 4) is 5.75 Å². The lowest BCUT2D eigenvalue weighted by Gasteiger charge is -2.24. The van der Waals surface area contributed by atoms with Crippen LogP contribution in [0.2, 0.25) is 0 Å². The molecule has 70 valence electrons. The van der Waals surface area contributed by atoms with Crippen molar-refractivity contribution < 1.29 is 9.84 Å². The average Bonchev–Trinajstić information content (AvgIpc) is 2.12. The third-order valence-electron chi connectivity index (χ3n) is 2.70. The lowest BCUT2D eigenvalue weighted by Crippen LogP contribution is -2.14. The zero-order valence-electron chi connectivity index (χ0n) is 8.00. The minimum Gasteiger partial charge on any atom is -0.493 e. The maximum atomic E-state index is 9.70. The molecule has 0 radical (unpaired) electrons. The average molecular weight is 178 g/mol. The van der Waals surface area contributed by atoms with E-state index < -0.39 is 0 Å². The Hall–Kier alpha value is -1.02. The molecule has 1 aliphatic heterocycles. The van der Waals surface area contributed by atoms with Gasteiger partial charge in [-0.3, -0.25) is 0 Å². The fourth-order valence-electron chi connectivity index (χ4n) is 1.69. The van der Waals surface area contributed by atoms with Gasteiger partial charge in [0, 0.05) is 12.0 Å². The molecular weight excluding hydrogens is 164 g/mol. The highest BCUT2D eigenvalue weighted by Gasteiger charge is 2.20. The minimum atomic E-state index is -0.344. The summed E-state index contributed by atoms with van der Waals surface area (Å²) >= 11 is 0. The lowest BCUT2D eigenvalue weighted by molar-refractivity contribution is 0.115. The van der Waals surface area contributed by atoms with Gasteiger partial charge in [-0.15, -0.1) is 0 Å². The fraction of sp³-hybridized carbons (Fsp3) is 0.455. The largest absolute Gasteiger partial charge is 0.493 e. The predicted octanol–water partition coefficient (Wildman–Crippen LogP) is 2.12. The molecule has 0 saturated carbocycles. The highest BCUT2D eigenvalue weighted by atomic mass is 16.5. The topological polar surface area (TPSA) is 29.5 Å². The molecule has 1 heterocycles. The number of ether oxygens (including phenoxy) is 1. The Morgan fingerprint density at radius 3 is 2.92 bits per heavy atom. The third kappa shape index (κ3) is 1.31. The first kappa shape index (κ1) is 8.57. The van der Waals surface area contributed by atoms with Gasteiger partial charge < -0.3 is 9.84 Å². The Balaban J connectivity index is 2.56. The van der Waals surface area contributed by atoms with Gasteiger partial charge in [-0.25, -0.2) is 0 Å². The molecule has 2 rings (SSSR count). The van der Waals surface area contributed by atoms with Crippen molar-refractivity contribution in [3.63, 3.8) is 0 Å². The normalized spacial score (nSPS) is 20.7. The summed E-state index contributed by atoms with van der Waals surface area (Å²) in [5.41, 5.74) is 3.30. The molecule has 0 aliphatic carbocycles. The zero-order chi connectivity index (χ0) is 9.42. The number of aliphatic hydroxyl groups excluding tert-OH is 1. The van der Waals surface area contributed by atoms with Crippen LogP contribution < -0.4 is 4.74 Å². The van der Waals surface area contributed by atoms with Crippen LogP contribution in [0.5, 0.6) is 5.75 Å². The predicted molar refractivity (Wildman–Crippen MR) is 51.0 cm³/mol. The van der Waals surface area contributed by atoms with Crippen LogP contribution in [0.15, 0.2) is 12.1 Å². The van der Waals surface area contributed by atoms with Gasteiger partial charge in [-0.1, -0.05) is 12.1 Å². The summed E-state index contributed by atoms with van der Waals surface area (Å²) in [6, 6.07) is 3.99. The Labute approximate surface area is 78.2 Å². The summed E-state index contributed by atoms with van der Waals surface area (Å²) in [5, 5.41) is 9.70. The SMILES string of the molecule is Cc1ccc2c(c1C)OCC[C@H]2O. The molecule has 1 aromatic carbocycles. The fourth-order valence-corrected chi connectivity index (χ4v) is 1.69. The van der Waals surface area contributed by atoms with Crippen LogP contribution in [-0.4, -0.2) is 11.7 Å². The van der Waals surface area contributed by atoms with E-state index in [0.29, 0.717) is 13.0 Å². The Kier molecular flexibility index (Phi) is 2.00. The summed E-state index contributed by atoms with van der Waals surface area (Å²) in [5.74, 6) is 0.888. The number of benzene rings is 1. The van der Waals surface area contributed by atoms with Gasteiger partial charge >= 0.3 is 0 Å². The van der Waals surface area contributed by atoms with E-state index in [1.807, 2.05) is 19.1 Å². The van der Waals surface area contributed by atoms with Gasteiger partial charge in [-0.05, 0) is 25.0 Å². The second-order valence-corrected chi connectivity index (χ2v) is 3.58. The number of hydrogen-bond donors (Lipinski definition) is 1. The monoisotopic (exact) mass is 178 g/mol. The minimum absolute atomic E-state index is 0.344. The molecule has 1 atom stereocenters. The zero-order valence-corrected chi connectivity index (χ0v) is 8.00. The maximum Gasteiger partial charge on any atom is 0.128 e. The van der Waals surface area contributed by atoms with E-state index >= 15 is 0 Å². The van der Waals surface area contributed by atoms with E-state index in [-0.39, 0.29) is 6.10 Å². The number of aryl methyl sites for hydroxylation is 1. The molecule has 0 fully saturated rings. The van der Waals surface area contributed by atoms with Crippen molar-refractivity contribution in [2.24, 2.45) is 0 Å². The van der Waals surface area contributed by atoms with Crippen molar-refractivity contribution in [2.75, 3.05) is 6.61 Å². The van der Waals surface area contributed by atoms with Crippen LogP contribution in [0.1, 0.15) is 29.2 Å². The van der Waals surface area contributed by atoms with E-state index in [9.17, 15) is 5.11 Å². The van der Waals surface area contributed by atoms with Crippen LogP contribution in [0.4, 0.5) is 0 Å². The first-order valence-corrected chi connectivity index (χ1v) is 4.61. The molecule has 0 bridgehead atoms. The molecule has 0 saturated heterocycles. The second kappa shape index (κ2) is 3.04. The number of aliphatic hydroxyl groups is 1. The Bertz CT molecular complexity index is 331. The van der Waals surface area contributed by atoms with Gasteiger partial charge in [-0.2, -0.15) is 0 Å². The van der Waals surface area contributed by atoms with E-state index in [2.05, 4.69) is 6.92 Å². The molecule has 0 aromatic heterocycles.